The molecule has 10 aromatic carbocycles. The van der Waals surface area contributed by atoms with E-state index in [-0.39, 0.29) is 5.41 Å². The van der Waals surface area contributed by atoms with Crippen LogP contribution >= 0.6 is 11.3 Å². The van der Waals surface area contributed by atoms with Crippen LogP contribution in [0.25, 0.3) is 86.9 Å². The number of nitrogens with zero attached hydrogens (tertiary/aromatic N) is 1. The molecule has 0 saturated heterocycles. The Balaban J connectivity index is 0.934. The fourth-order valence-corrected chi connectivity index (χ4v) is 11.3. The summed E-state index contributed by atoms with van der Waals surface area (Å²) in [6, 6.07) is 87.0. The number of rotatable bonds is 8. The average Bonchev–Trinajstić information content (AvgIpc) is 3.86. The number of benzene rings is 10. The molecule has 1 nitrogen and oxygen atoms in total. The van der Waals surface area contributed by atoms with Crippen molar-refractivity contribution in [2.75, 3.05) is 4.90 Å². The van der Waals surface area contributed by atoms with Gasteiger partial charge in [0.1, 0.15) is 0 Å². The first-order chi connectivity index (χ1) is 32.0. The third-order valence-corrected chi connectivity index (χ3v) is 14.6. The predicted molar refractivity (Wildman–Crippen MR) is 279 cm³/mol. The van der Waals surface area contributed by atoms with Crippen LogP contribution < -0.4 is 4.90 Å². The zero-order valence-corrected chi connectivity index (χ0v) is 37.2. The van der Waals surface area contributed by atoms with Crippen LogP contribution in [0.5, 0.6) is 0 Å². The van der Waals surface area contributed by atoms with Gasteiger partial charge in [0.2, 0.25) is 0 Å². The number of hydrogen-bond acceptors (Lipinski definition) is 2. The Kier molecular flexibility index (Phi) is 9.44. The molecule has 2 heteroatoms. The van der Waals surface area contributed by atoms with Crippen molar-refractivity contribution >= 4 is 48.6 Å². The van der Waals surface area contributed by atoms with E-state index in [1.54, 1.807) is 0 Å². The first-order valence-corrected chi connectivity index (χ1v) is 23.3. The normalized spacial score (nSPS) is 12.6. The van der Waals surface area contributed by atoms with Gasteiger partial charge in [-0.25, -0.2) is 0 Å². The minimum atomic E-state index is -0.164. The van der Waals surface area contributed by atoms with E-state index in [2.05, 4.69) is 255 Å². The van der Waals surface area contributed by atoms with E-state index >= 15 is 0 Å². The molecule has 0 amide bonds. The number of thiophene rings is 1. The molecule has 0 saturated carbocycles. The molecule has 65 heavy (non-hydrogen) atoms. The van der Waals surface area contributed by atoms with Crippen LogP contribution in [0.2, 0.25) is 0 Å². The van der Waals surface area contributed by atoms with Crippen molar-refractivity contribution < 1.29 is 0 Å². The summed E-state index contributed by atoms with van der Waals surface area (Å²) in [4.78, 5) is 2.38. The second kappa shape index (κ2) is 15.8. The van der Waals surface area contributed by atoms with Crippen LogP contribution in [0.15, 0.2) is 237 Å². The van der Waals surface area contributed by atoms with Gasteiger partial charge in [-0.15, -0.1) is 11.3 Å². The van der Waals surface area contributed by atoms with Crippen molar-refractivity contribution in [3.63, 3.8) is 0 Å². The molecule has 1 aliphatic rings. The molecule has 12 rings (SSSR count). The van der Waals surface area contributed by atoms with Gasteiger partial charge in [-0.1, -0.05) is 178 Å². The minimum absolute atomic E-state index is 0.164. The maximum absolute atomic E-state index is 2.43. The molecule has 0 radical (unpaired) electrons. The Hall–Kier alpha value is -7.78. The van der Waals surface area contributed by atoms with E-state index in [0.717, 1.165) is 17.1 Å². The fraction of sp³-hybridized carbons (Fsp3) is 0.0476. The first-order valence-electron chi connectivity index (χ1n) is 22.5. The van der Waals surface area contributed by atoms with Gasteiger partial charge in [-0.3, -0.25) is 0 Å². The summed E-state index contributed by atoms with van der Waals surface area (Å²) < 4.78 is 2.65. The monoisotopic (exact) mass is 847 g/mol. The molecule has 0 spiro atoms. The van der Waals surface area contributed by atoms with Crippen LogP contribution in [0.3, 0.4) is 0 Å². The summed E-state index contributed by atoms with van der Waals surface area (Å²) in [7, 11) is 0. The molecule has 0 atom stereocenters. The predicted octanol–water partition coefficient (Wildman–Crippen LogP) is 18.2. The summed E-state index contributed by atoms with van der Waals surface area (Å²) in [5.41, 5.74) is 20.8. The number of fused-ring (bicyclic) bond motifs is 6. The van der Waals surface area contributed by atoms with E-state index in [0.29, 0.717) is 0 Å². The van der Waals surface area contributed by atoms with Crippen molar-refractivity contribution in [1.29, 1.82) is 0 Å². The Bertz CT molecular complexity index is 3530. The Morgan fingerprint density at radius 1 is 0.308 bits per heavy atom. The van der Waals surface area contributed by atoms with Crippen LogP contribution in [-0.4, -0.2) is 0 Å². The van der Waals surface area contributed by atoms with E-state index in [1.807, 2.05) is 11.3 Å². The van der Waals surface area contributed by atoms with Crippen molar-refractivity contribution in [1.82, 2.24) is 0 Å². The molecule has 1 aromatic heterocycles. The molecule has 0 N–H and O–H groups in total. The Morgan fingerprint density at radius 2 is 0.785 bits per heavy atom. The van der Waals surface area contributed by atoms with Crippen LogP contribution in [0, 0.1) is 0 Å². The van der Waals surface area contributed by atoms with Crippen LogP contribution in [0.1, 0.15) is 25.0 Å². The summed E-state index contributed by atoms with van der Waals surface area (Å²) in [6.45, 7) is 4.78. The topological polar surface area (TPSA) is 3.24 Å². The lowest BCUT2D eigenvalue weighted by atomic mass is 9.78. The average molecular weight is 848 g/mol. The standard InChI is InChI=1S/C63H45NS/c1-63(2)59-35-29-48(38-56(59)58-41-50(43-17-8-4-9-18-43)40-55(62(58)63)46-19-10-5-11-20-46)44-25-31-51(32-26-44)64(53-22-14-21-47(37-53)42-15-6-3-7-16-42)52-33-27-45(28-34-52)49-30-36-61-57(39-49)54-23-12-13-24-60(54)65-61/h3-41H,1-2H3. The Labute approximate surface area is 385 Å². The van der Waals surface area contributed by atoms with E-state index in [9.17, 15) is 0 Å². The maximum atomic E-state index is 2.43. The van der Waals surface area contributed by atoms with Gasteiger partial charge in [-0.2, -0.15) is 0 Å². The smallest absolute Gasteiger partial charge is 0.0467 e. The zero-order valence-electron chi connectivity index (χ0n) is 36.4. The van der Waals surface area contributed by atoms with Gasteiger partial charge in [0.15, 0.2) is 0 Å². The first kappa shape index (κ1) is 38.9. The summed E-state index contributed by atoms with van der Waals surface area (Å²) in [5, 5.41) is 2.64. The Morgan fingerprint density at radius 3 is 1.46 bits per heavy atom. The number of anilines is 3. The lowest BCUT2D eigenvalue weighted by Crippen LogP contribution is -2.16. The molecule has 0 fully saturated rings. The molecule has 0 aliphatic heterocycles. The molecule has 1 heterocycles. The second-order valence-electron chi connectivity index (χ2n) is 17.7. The van der Waals surface area contributed by atoms with Crippen LogP contribution in [0.4, 0.5) is 17.1 Å². The lowest BCUT2D eigenvalue weighted by Gasteiger charge is -2.26. The summed E-state index contributed by atoms with van der Waals surface area (Å²) >= 11 is 1.86. The van der Waals surface area contributed by atoms with Gasteiger partial charge in [0, 0.05) is 42.6 Å². The van der Waals surface area contributed by atoms with Crippen molar-refractivity contribution in [2.45, 2.75) is 19.3 Å². The maximum Gasteiger partial charge on any atom is 0.0467 e. The molecule has 11 aromatic rings. The highest BCUT2D eigenvalue weighted by atomic mass is 32.1. The highest BCUT2D eigenvalue weighted by molar-refractivity contribution is 7.25. The second-order valence-corrected chi connectivity index (χ2v) is 18.8. The van der Waals surface area contributed by atoms with Gasteiger partial charge in [0.25, 0.3) is 0 Å². The molecule has 0 bridgehead atoms. The highest BCUT2D eigenvalue weighted by Crippen LogP contribution is 2.54. The SMILES string of the molecule is CC1(C)c2ccc(-c3ccc(N(c4ccc(-c5ccc6sc7ccccc7c6c5)cc4)c4cccc(-c5ccccc5)c4)cc3)cc2-c2cc(-c3ccccc3)cc(-c3ccccc3)c21. The minimum Gasteiger partial charge on any atom is -0.310 e. The molecular formula is C63H45NS. The van der Waals surface area contributed by atoms with E-state index in [4.69, 9.17) is 0 Å². The molecule has 0 unspecified atom stereocenters. The number of hydrogen-bond donors (Lipinski definition) is 0. The van der Waals surface area contributed by atoms with Gasteiger partial charge in [-0.05, 0) is 151 Å². The third-order valence-electron chi connectivity index (χ3n) is 13.4. The van der Waals surface area contributed by atoms with E-state index in [1.165, 1.54) is 98.1 Å². The molecule has 1 aliphatic carbocycles. The zero-order chi connectivity index (χ0) is 43.5. The fourth-order valence-electron chi connectivity index (χ4n) is 10.2. The quantitative estimate of drug-likeness (QED) is 0.147. The molecule has 308 valence electrons. The third kappa shape index (κ3) is 6.86. The van der Waals surface area contributed by atoms with Crippen molar-refractivity contribution in [3.8, 4) is 66.8 Å². The molecular weight excluding hydrogens is 803 g/mol. The van der Waals surface area contributed by atoms with Crippen molar-refractivity contribution in [2.24, 2.45) is 0 Å². The summed E-state index contributed by atoms with van der Waals surface area (Å²) in [5.74, 6) is 0. The van der Waals surface area contributed by atoms with Crippen molar-refractivity contribution in [3.05, 3.63) is 248 Å². The van der Waals surface area contributed by atoms with E-state index < -0.39 is 0 Å². The van der Waals surface area contributed by atoms with Gasteiger partial charge < -0.3 is 4.90 Å². The summed E-state index contributed by atoms with van der Waals surface area (Å²) in [6.07, 6.45) is 0. The lowest BCUT2D eigenvalue weighted by molar-refractivity contribution is 0.662. The largest absolute Gasteiger partial charge is 0.310 e. The van der Waals surface area contributed by atoms with Gasteiger partial charge in [0.05, 0.1) is 0 Å². The van der Waals surface area contributed by atoms with Crippen LogP contribution in [-0.2, 0) is 5.41 Å². The van der Waals surface area contributed by atoms with Gasteiger partial charge >= 0.3 is 0 Å². The highest BCUT2D eigenvalue weighted by Gasteiger charge is 2.38.